The average Bonchev–Trinajstić information content (AvgIpc) is 3.27. The van der Waals surface area contributed by atoms with Crippen LogP contribution in [0.3, 0.4) is 0 Å². The number of likely N-dealkylation sites (tertiary alicyclic amines) is 1. The first-order chi connectivity index (χ1) is 12.5. The summed E-state index contributed by atoms with van der Waals surface area (Å²) in [5.74, 6) is -0.347. The molecule has 0 spiro atoms. The number of hydrogen-bond acceptors (Lipinski definition) is 4. The van der Waals surface area contributed by atoms with Crippen LogP contribution in [-0.4, -0.2) is 45.6 Å². The molecule has 0 saturated carbocycles. The van der Waals surface area contributed by atoms with E-state index in [-0.39, 0.29) is 5.91 Å². The van der Waals surface area contributed by atoms with Crippen LogP contribution in [0.1, 0.15) is 35.7 Å². The number of ether oxygens (including phenoxy) is 1. The molecule has 1 fully saturated rings. The van der Waals surface area contributed by atoms with Crippen LogP contribution in [0.2, 0.25) is 0 Å². The molecule has 0 aliphatic carbocycles. The van der Waals surface area contributed by atoms with Gasteiger partial charge < -0.3 is 14.7 Å². The molecule has 1 aromatic carbocycles. The molecule has 2 aromatic rings. The molecule has 6 heteroatoms. The molecular weight excluding hydrogens is 332 g/mol. The number of carboxylic acids is 1. The number of rotatable bonds is 3. The van der Waals surface area contributed by atoms with Crippen LogP contribution in [0.4, 0.5) is 0 Å². The quantitative estimate of drug-likeness (QED) is 0.919. The van der Waals surface area contributed by atoms with Gasteiger partial charge in [0.25, 0.3) is 5.91 Å². The van der Waals surface area contributed by atoms with Gasteiger partial charge >= 0.3 is 5.97 Å². The fourth-order valence-electron chi connectivity index (χ4n) is 3.75. The van der Waals surface area contributed by atoms with Crippen LogP contribution < -0.4 is 4.74 Å². The monoisotopic (exact) mass is 352 g/mol. The second kappa shape index (κ2) is 6.12. The van der Waals surface area contributed by atoms with Crippen molar-refractivity contribution in [1.29, 1.82) is 0 Å². The van der Waals surface area contributed by atoms with E-state index in [1.54, 1.807) is 19.2 Å². The first-order valence-corrected chi connectivity index (χ1v) is 8.75. The zero-order valence-corrected chi connectivity index (χ0v) is 14.6. The van der Waals surface area contributed by atoms with Gasteiger partial charge in [-0.3, -0.25) is 9.78 Å². The molecule has 0 radical (unpaired) electrons. The predicted molar refractivity (Wildman–Crippen MR) is 95.2 cm³/mol. The van der Waals surface area contributed by atoms with Gasteiger partial charge in [-0.25, -0.2) is 4.79 Å². The molecule has 1 saturated heterocycles. The minimum Gasteiger partial charge on any atom is -0.493 e. The molecular formula is C20H20N2O4. The van der Waals surface area contributed by atoms with Crippen LogP contribution in [0.15, 0.2) is 36.7 Å². The number of nitrogens with zero attached hydrogens (tertiary/aromatic N) is 2. The van der Waals surface area contributed by atoms with Crippen LogP contribution >= 0.6 is 0 Å². The van der Waals surface area contributed by atoms with E-state index < -0.39 is 11.5 Å². The molecule has 1 atom stereocenters. The zero-order valence-electron chi connectivity index (χ0n) is 14.6. The summed E-state index contributed by atoms with van der Waals surface area (Å²) in [6.07, 6.45) is 5.25. The summed E-state index contributed by atoms with van der Waals surface area (Å²) in [5, 5.41) is 9.54. The van der Waals surface area contributed by atoms with Gasteiger partial charge in [0.05, 0.1) is 12.2 Å². The summed E-state index contributed by atoms with van der Waals surface area (Å²) in [6, 6.07) is 7.74. The molecule has 1 unspecified atom stereocenters. The number of aliphatic carboxylic acids is 1. The molecule has 1 N–H and O–H groups in total. The van der Waals surface area contributed by atoms with Crippen LogP contribution in [-0.2, 0) is 11.2 Å². The summed E-state index contributed by atoms with van der Waals surface area (Å²) < 4.78 is 5.53. The van der Waals surface area contributed by atoms with Crippen molar-refractivity contribution in [3.63, 3.8) is 0 Å². The van der Waals surface area contributed by atoms with Gasteiger partial charge in [-0.2, -0.15) is 0 Å². The van der Waals surface area contributed by atoms with Gasteiger partial charge in [0.15, 0.2) is 0 Å². The van der Waals surface area contributed by atoms with Gasteiger partial charge in [-0.15, -0.1) is 0 Å². The second-order valence-corrected chi connectivity index (χ2v) is 7.02. The molecule has 4 rings (SSSR count). The number of hydrogen-bond donors (Lipinski definition) is 1. The summed E-state index contributed by atoms with van der Waals surface area (Å²) in [7, 11) is 0. The van der Waals surface area contributed by atoms with Gasteiger partial charge in [0, 0.05) is 30.9 Å². The third-order valence-corrected chi connectivity index (χ3v) is 5.35. The number of carbonyl (C=O) groups excluding carboxylic acids is 1. The number of benzene rings is 1. The highest BCUT2D eigenvalue weighted by Gasteiger charge is 2.46. The van der Waals surface area contributed by atoms with Crippen molar-refractivity contribution in [2.45, 2.75) is 31.7 Å². The third kappa shape index (κ3) is 2.62. The maximum atomic E-state index is 12.9. The van der Waals surface area contributed by atoms with E-state index in [2.05, 4.69) is 11.1 Å². The standard InChI is InChI=1S/C20H20N2O4/c1-20(19(24)25)6-2-7-22(20)18(23)16-10-15(11-21-12-16)13-3-4-17-14(9-13)5-8-26-17/h3-4,9-12H,2,5-8H2,1H3,(H,24,25). The lowest BCUT2D eigenvalue weighted by atomic mass is 9.98. The first kappa shape index (κ1) is 16.6. The highest BCUT2D eigenvalue weighted by molar-refractivity contribution is 5.98. The summed E-state index contributed by atoms with van der Waals surface area (Å²) in [4.78, 5) is 30.2. The molecule has 26 heavy (non-hydrogen) atoms. The molecule has 0 bridgehead atoms. The normalized spacial score (nSPS) is 21.3. The Morgan fingerprint density at radius 2 is 2.08 bits per heavy atom. The number of carboxylic acid groups (broad SMARTS) is 1. The fourth-order valence-corrected chi connectivity index (χ4v) is 3.75. The smallest absolute Gasteiger partial charge is 0.329 e. The van der Waals surface area contributed by atoms with Gasteiger partial charge in [0.2, 0.25) is 0 Å². The van der Waals surface area contributed by atoms with Crippen LogP contribution in [0.5, 0.6) is 5.75 Å². The SMILES string of the molecule is CC1(C(=O)O)CCCN1C(=O)c1cncc(-c2ccc3c(c2)CCO3)c1. The van der Waals surface area contributed by atoms with Crippen molar-refractivity contribution < 1.29 is 19.4 Å². The third-order valence-electron chi connectivity index (χ3n) is 5.35. The number of aromatic nitrogens is 1. The lowest BCUT2D eigenvalue weighted by Crippen LogP contribution is -2.50. The summed E-state index contributed by atoms with van der Waals surface area (Å²) in [5.41, 5.74) is 2.21. The number of carbonyl (C=O) groups is 2. The Bertz CT molecular complexity index is 895. The minimum atomic E-state index is -1.15. The Morgan fingerprint density at radius 3 is 2.88 bits per heavy atom. The predicted octanol–water partition coefficient (Wildman–Crippen LogP) is 2.76. The van der Waals surface area contributed by atoms with Crippen molar-refractivity contribution in [2.24, 2.45) is 0 Å². The minimum absolute atomic E-state index is 0.286. The van der Waals surface area contributed by atoms with Crippen molar-refractivity contribution >= 4 is 11.9 Å². The van der Waals surface area contributed by atoms with E-state index in [0.29, 0.717) is 31.6 Å². The molecule has 1 amide bonds. The molecule has 2 aliphatic heterocycles. The Morgan fingerprint density at radius 1 is 1.23 bits per heavy atom. The number of amides is 1. The molecule has 134 valence electrons. The highest BCUT2D eigenvalue weighted by atomic mass is 16.5. The molecule has 2 aliphatic rings. The van der Waals surface area contributed by atoms with E-state index >= 15 is 0 Å². The Labute approximate surface area is 151 Å². The molecule has 6 nitrogen and oxygen atoms in total. The van der Waals surface area contributed by atoms with E-state index in [4.69, 9.17) is 4.74 Å². The maximum absolute atomic E-state index is 12.9. The van der Waals surface area contributed by atoms with Crippen molar-refractivity contribution in [1.82, 2.24) is 9.88 Å². The highest BCUT2D eigenvalue weighted by Crippen LogP contribution is 2.33. The van der Waals surface area contributed by atoms with E-state index in [1.165, 1.54) is 11.1 Å². The van der Waals surface area contributed by atoms with Gasteiger partial charge in [0.1, 0.15) is 11.3 Å². The largest absolute Gasteiger partial charge is 0.493 e. The van der Waals surface area contributed by atoms with Crippen molar-refractivity contribution in [2.75, 3.05) is 13.2 Å². The van der Waals surface area contributed by atoms with Crippen LogP contribution in [0, 0.1) is 0 Å². The van der Waals surface area contributed by atoms with E-state index in [1.807, 2.05) is 12.1 Å². The lowest BCUT2D eigenvalue weighted by molar-refractivity contribution is -0.147. The topological polar surface area (TPSA) is 79.7 Å². The Hall–Kier alpha value is -2.89. The Balaban J connectivity index is 1.66. The van der Waals surface area contributed by atoms with Crippen molar-refractivity contribution in [3.05, 3.63) is 47.8 Å². The zero-order chi connectivity index (χ0) is 18.3. The lowest BCUT2D eigenvalue weighted by Gasteiger charge is -2.31. The number of pyridine rings is 1. The molecule has 1 aromatic heterocycles. The van der Waals surface area contributed by atoms with Crippen LogP contribution in [0.25, 0.3) is 11.1 Å². The second-order valence-electron chi connectivity index (χ2n) is 7.02. The average molecular weight is 352 g/mol. The first-order valence-electron chi connectivity index (χ1n) is 8.75. The van der Waals surface area contributed by atoms with E-state index in [9.17, 15) is 14.7 Å². The number of fused-ring (bicyclic) bond motifs is 1. The summed E-state index contributed by atoms with van der Waals surface area (Å²) in [6.45, 7) is 2.75. The Kier molecular flexibility index (Phi) is 3.90. The fraction of sp³-hybridized carbons (Fsp3) is 0.350. The van der Waals surface area contributed by atoms with E-state index in [0.717, 1.165) is 28.9 Å². The van der Waals surface area contributed by atoms with Crippen molar-refractivity contribution in [3.8, 4) is 16.9 Å². The van der Waals surface area contributed by atoms with Gasteiger partial charge in [-0.1, -0.05) is 6.07 Å². The van der Waals surface area contributed by atoms with Gasteiger partial charge in [-0.05, 0) is 49.1 Å². The maximum Gasteiger partial charge on any atom is 0.329 e. The summed E-state index contributed by atoms with van der Waals surface area (Å²) >= 11 is 0. The molecule has 3 heterocycles.